The lowest BCUT2D eigenvalue weighted by atomic mass is 10.2. The number of aliphatic hydroxyl groups excluding tert-OH is 1. The number of anilines is 2. The van der Waals surface area contributed by atoms with E-state index >= 15 is 0 Å². The van der Waals surface area contributed by atoms with Crippen molar-refractivity contribution in [3.8, 4) is 0 Å². The Balaban J connectivity index is 2.39. The molecule has 1 unspecified atom stereocenters. The number of nitro groups is 1. The molecule has 2 heterocycles. The standard InChI is InChI=1S/C12H18N4O3/c1-2-13-11-6-5-10(16(18)19)12(14-11)15-7-3-4-9(15)8-17/h5-6,9,17H,2-4,7-8H2,1H3,(H,13,14). The van der Waals surface area contributed by atoms with Gasteiger partial charge in [0.1, 0.15) is 5.82 Å². The summed E-state index contributed by atoms with van der Waals surface area (Å²) < 4.78 is 0. The molecular weight excluding hydrogens is 248 g/mol. The Morgan fingerprint density at radius 1 is 1.63 bits per heavy atom. The Hall–Kier alpha value is -1.89. The number of nitrogens with one attached hydrogen (secondary N) is 1. The molecule has 1 aliphatic rings. The highest BCUT2D eigenvalue weighted by molar-refractivity contribution is 5.62. The molecule has 1 aromatic rings. The first kappa shape index (κ1) is 13.5. The van der Waals surface area contributed by atoms with Crippen molar-refractivity contribution in [3.05, 3.63) is 22.2 Å². The van der Waals surface area contributed by atoms with Crippen molar-refractivity contribution in [2.24, 2.45) is 0 Å². The van der Waals surface area contributed by atoms with E-state index in [9.17, 15) is 15.2 Å². The second-order valence-electron chi connectivity index (χ2n) is 4.50. The van der Waals surface area contributed by atoms with E-state index in [1.54, 1.807) is 6.07 Å². The van der Waals surface area contributed by atoms with Gasteiger partial charge in [0, 0.05) is 19.2 Å². The molecule has 0 aromatic carbocycles. The highest BCUT2D eigenvalue weighted by Gasteiger charge is 2.30. The van der Waals surface area contributed by atoms with Gasteiger partial charge in [-0.25, -0.2) is 4.98 Å². The number of aliphatic hydroxyl groups is 1. The van der Waals surface area contributed by atoms with E-state index in [2.05, 4.69) is 10.3 Å². The Kier molecular flexibility index (Phi) is 4.16. The molecule has 0 amide bonds. The SMILES string of the molecule is CCNc1ccc([N+](=O)[O-])c(N2CCCC2CO)n1. The molecule has 104 valence electrons. The lowest BCUT2D eigenvalue weighted by Crippen LogP contribution is -2.33. The molecule has 0 radical (unpaired) electrons. The molecule has 1 aliphatic heterocycles. The Bertz CT molecular complexity index is 466. The number of pyridine rings is 1. The van der Waals surface area contributed by atoms with Crippen LogP contribution < -0.4 is 10.2 Å². The molecule has 0 bridgehead atoms. The molecule has 7 heteroatoms. The van der Waals surface area contributed by atoms with Gasteiger partial charge in [0.2, 0.25) is 5.82 Å². The fourth-order valence-corrected chi connectivity index (χ4v) is 2.38. The van der Waals surface area contributed by atoms with E-state index in [0.29, 0.717) is 24.7 Å². The van der Waals surface area contributed by atoms with Gasteiger partial charge in [-0.3, -0.25) is 10.1 Å². The summed E-state index contributed by atoms with van der Waals surface area (Å²) in [6.07, 6.45) is 1.75. The summed E-state index contributed by atoms with van der Waals surface area (Å²) in [5.41, 5.74) is -0.0120. The van der Waals surface area contributed by atoms with Gasteiger partial charge in [0.05, 0.1) is 17.6 Å². The van der Waals surface area contributed by atoms with E-state index in [1.807, 2.05) is 11.8 Å². The van der Waals surface area contributed by atoms with Crippen LogP contribution in [0.1, 0.15) is 19.8 Å². The molecule has 1 aromatic heterocycles. The first-order valence-electron chi connectivity index (χ1n) is 6.44. The lowest BCUT2D eigenvalue weighted by Gasteiger charge is -2.24. The maximum Gasteiger partial charge on any atom is 0.311 e. The average Bonchev–Trinajstić information content (AvgIpc) is 2.86. The van der Waals surface area contributed by atoms with E-state index in [1.165, 1.54) is 6.07 Å². The average molecular weight is 266 g/mol. The second kappa shape index (κ2) is 5.83. The first-order valence-corrected chi connectivity index (χ1v) is 6.44. The predicted molar refractivity (Wildman–Crippen MR) is 72.5 cm³/mol. The number of aromatic nitrogens is 1. The van der Waals surface area contributed by atoms with Crippen LogP contribution in [0.15, 0.2) is 12.1 Å². The maximum atomic E-state index is 11.1. The van der Waals surface area contributed by atoms with Crippen LogP contribution in [0.3, 0.4) is 0 Å². The van der Waals surface area contributed by atoms with Gasteiger partial charge in [-0.05, 0) is 25.8 Å². The molecule has 1 fully saturated rings. The van der Waals surface area contributed by atoms with Crippen molar-refractivity contribution >= 4 is 17.3 Å². The van der Waals surface area contributed by atoms with Gasteiger partial charge in [0.15, 0.2) is 0 Å². The van der Waals surface area contributed by atoms with E-state index in [-0.39, 0.29) is 18.3 Å². The molecule has 0 spiro atoms. The van der Waals surface area contributed by atoms with Crippen LogP contribution in [-0.4, -0.2) is 40.8 Å². The second-order valence-corrected chi connectivity index (χ2v) is 4.50. The summed E-state index contributed by atoms with van der Waals surface area (Å²) in [6.45, 7) is 3.32. The molecule has 2 rings (SSSR count). The maximum absolute atomic E-state index is 11.1. The summed E-state index contributed by atoms with van der Waals surface area (Å²) in [5, 5.41) is 23.5. The van der Waals surface area contributed by atoms with Crippen molar-refractivity contribution in [2.75, 3.05) is 29.9 Å². The van der Waals surface area contributed by atoms with Crippen LogP contribution in [-0.2, 0) is 0 Å². The first-order chi connectivity index (χ1) is 9.17. The summed E-state index contributed by atoms with van der Waals surface area (Å²) in [6, 6.07) is 2.99. The fraction of sp³-hybridized carbons (Fsp3) is 0.583. The minimum Gasteiger partial charge on any atom is -0.394 e. The fourth-order valence-electron chi connectivity index (χ4n) is 2.38. The predicted octanol–water partition coefficient (Wildman–Crippen LogP) is 1.38. The third kappa shape index (κ3) is 2.76. The van der Waals surface area contributed by atoms with Gasteiger partial charge in [-0.2, -0.15) is 0 Å². The van der Waals surface area contributed by atoms with Crippen LogP contribution in [0.5, 0.6) is 0 Å². The van der Waals surface area contributed by atoms with Gasteiger partial charge < -0.3 is 15.3 Å². The van der Waals surface area contributed by atoms with E-state index in [4.69, 9.17) is 0 Å². The third-order valence-electron chi connectivity index (χ3n) is 3.27. The van der Waals surface area contributed by atoms with E-state index < -0.39 is 4.92 Å². The largest absolute Gasteiger partial charge is 0.394 e. The summed E-state index contributed by atoms with van der Waals surface area (Å²) in [4.78, 5) is 16.8. The smallest absolute Gasteiger partial charge is 0.311 e. The topological polar surface area (TPSA) is 91.5 Å². The van der Waals surface area contributed by atoms with Gasteiger partial charge in [-0.1, -0.05) is 0 Å². The molecule has 1 saturated heterocycles. The van der Waals surface area contributed by atoms with Crippen LogP contribution in [0.4, 0.5) is 17.3 Å². The van der Waals surface area contributed by atoms with Crippen LogP contribution in [0, 0.1) is 10.1 Å². The third-order valence-corrected chi connectivity index (χ3v) is 3.27. The molecule has 2 N–H and O–H groups in total. The Labute approximate surface area is 111 Å². The van der Waals surface area contributed by atoms with Crippen LogP contribution in [0.2, 0.25) is 0 Å². The van der Waals surface area contributed by atoms with Gasteiger partial charge in [-0.15, -0.1) is 0 Å². The van der Waals surface area contributed by atoms with Gasteiger partial charge >= 0.3 is 5.69 Å². The van der Waals surface area contributed by atoms with Crippen LogP contribution >= 0.6 is 0 Å². The Morgan fingerprint density at radius 2 is 2.42 bits per heavy atom. The minimum absolute atomic E-state index is 0.00965. The lowest BCUT2D eigenvalue weighted by molar-refractivity contribution is -0.384. The zero-order chi connectivity index (χ0) is 13.8. The Morgan fingerprint density at radius 3 is 3.05 bits per heavy atom. The monoisotopic (exact) mass is 266 g/mol. The normalized spacial score (nSPS) is 18.6. The quantitative estimate of drug-likeness (QED) is 0.618. The number of rotatable bonds is 5. The number of nitrogens with zero attached hydrogens (tertiary/aromatic N) is 3. The molecule has 0 saturated carbocycles. The summed E-state index contributed by atoms with van der Waals surface area (Å²) in [5.74, 6) is 0.965. The molecular formula is C12H18N4O3. The van der Waals surface area contributed by atoms with Crippen LogP contribution in [0.25, 0.3) is 0 Å². The molecule has 19 heavy (non-hydrogen) atoms. The van der Waals surface area contributed by atoms with Crippen molar-refractivity contribution in [1.29, 1.82) is 0 Å². The zero-order valence-corrected chi connectivity index (χ0v) is 10.9. The molecule has 7 nitrogen and oxygen atoms in total. The van der Waals surface area contributed by atoms with Crippen molar-refractivity contribution < 1.29 is 10.0 Å². The van der Waals surface area contributed by atoms with Crippen molar-refractivity contribution in [1.82, 2.24) is 4.98 Å². The van der Waals surface area contributed by atoms with E-state index in [0.717, 1.165) is 12.8 Å². The molecule has 1 atom stereocenters. The molecule has 0 aliphatic carbocycles. The van der Waals surface area contributed by atoms with Crippen molar-refractivity contribution in [2.45, 2.75) is 25.8 Å². The van der Waals surface area contributed by atoms with Crippen molar-refractivity contribution in [3.63, 3.8) is 0 Å². The minimum atomic E-state index is -0.426. The highest BCUT2D eigenvalue weighted by Crippen LogP contribution is 2.32. The number of hydrogen-bond donors (Lipinski definition) is 2. The summed E-state index contributed by atoms with van der Waals surface area (Å²) >= 11 is 0. The number of hydrogen-bond acceptors (Lipinski definition) is 6. The highest BCUT2D eigenvalue weighted by atomic mass is 16.6. The summed E-state index contributed by atoms with van der Waals surface area (Å²) in [7, 11) is 0. The van der Waals surface area contributed by atoms with Gasteiger partial charge in [0.25, 0.3) is 0 Å². The zero-order valence-electron chi connectivity index (χ0n) is 10.9.